The molecule has 0 aromatic heterocycles. The van der Waals surface area contributed by atoms with Crippen LogP contribution < -0.4 is 0 Å². The Morgan fingerprint density at radius 2 is 2.07 bits per heavy atom. The van der Waals surface area contributed by atoms with Crippen LogP contribution in [0.25, 0.3) is 0 Å². The summed E-state index contributed by atoms with van der Waals surface area (Å²) >= 11 is 3.47. The zero-order chi connectivity index (χ0) is 11.3. The van der Waals surface area contributed by atoms with Gasteiger partial charge in [-0.05, 0) is 31.4 Å². The van der Waals surface area contributed by atoms with Crippen LogP contribution in [0.5, 0.6) is 0 Å². The lowest BCUT2D eigenvalue weighted by Gasteiger charge is -2.15. The molecule has 0 aliphatic rings. The molecule has 0 radical (unpaired) electrons. The van der Waals surface area contributed by atoms with Crippen molar-refractivity contribution in [2.45, 2.75) is 32.0 Å². The Kier molecular flexibility index (Phi) is 5.29. The molecule has 1 aromatic carbocycles. The highest BCUT2D eigenvalue weighted by Crippen LogP contribution is 2.18. The molecule has 0 fully saturated rings. The molecule has 0 heterocycles. The predicted octanol–water partition coefficient (Wildman–Crippen LogP) is 2.78. The van der Waals surface area contributed by atoms with Crippen LogP contribution in [0, 0.1) is 0 Å². The lowest BCUT2D eigenvalue weighted by Crippen LogP contribution is -2.19. The summed E-state index contributed by atoms with van der Waals surface area (Å²) in [5.74, 6) is 0. The molecular weight excluding hydrogens is 256 g/mol. The van der Waals surface area contributed by atoms with Gasteiger partial charge < -0.3 is 9.84 Å². The Bertz CT molecular complexity index is 301. The maximum absolute atomic E-state index is 9.83. The summed E-state index contributed by atoms with van der Waals surface area (Å²) in [6.07, 6.45) is 1.08. The number of methoxy groups -OCH3 is 1. The Balaban J connectivity index is 2.51. The fourth-order valence-corrected chi connectivity index (χ4v) is 1.93. The van der Waals surface area contributed by atoms with Crippen molar-refractivity contribution in [3.63, 3.8) is 0 Å². The lowest BCUT2D eigenvalue weighted by atomic mass is 10.0. The molecule has 0 saturated heterocycles. The van der Waals surface area contributed by atoms with E-state index in [1.165, 1.54) is 0 Å². The Morgan fingerprint density at radius 3 is 2.67 bits per heavy atom. The fourth-order valence-electron chi connectivity index (χ4n) is 1.48. The maximum atomic E-state index is 9.83. The lowest BCUT2D eigenvalue weighted by molar-refractivity contribution is 0.0565. The van der Waals surface area contributed by atoms with Crippen LogP contribution in [0.2, 0.25) is 0 Å². The van der Waals surface area contributed by atoms with E-state index >= 15 is 0 Å². The van der Waals surface area contributed by atoms with Crippen molar-refractivity contribution < 1.29 is 9.84 Å². The van der Waals surface area contributed by atoms with Gasteiger partial charge in [0.25, 0.3) is 0 Å². The van der Waals surface area contributed by atoms with E-state index in [0.29, 0.717) is 12.8 Å². The van der Waals surface area contributed by atoms with Gasteiger partial charge in [-0.15, -0.1) is 0 Å². The number of hydrogen-bond acceptors (Lipinski definition) is 2. The van der Waals surface area contributed by atoms with E-state index in [0.717, 1.165) is 10.0 Å². The first-order valence-electron chi connectivity index (χ1n) is 5.07. The van der Waals surface area contributed by atoms with Gasteiger partial charge in [0.05, 0.1) is 12.2 Å². The molecule has 0 saturated carbocycles. The first-order chi connectivity index (χ1) is 7.13. The molecule has 1 rings (SSSR count). The molecule has 15 heavy (non-hydrogen) atoms. The van der Waals surface area contributed by atoms with Crippen molar-refractivity contribution >= 4 is 15.9 Å². The topological polar surface area (TPSA) is 29.5 Å². The Labute approximate surface area is 99.4 Å². The van der Waals surface area contributed by atoms with Crippen molar-refractivity contribution in [1.29, 1.82) is 0 Å². The average Bonchev–Trinajstić information content (AvgIpc) is 2.21. The van der Waals surface area contributed by atoms with Crippen molar-refractivity contribution in [3.05, 3.63) is 34.3 Å². The molecule has 0 amide bonds. The second-order valence-electron chi connectivity index (χ2n) is 3.73. The van der Waals surface area contributed by atoms with Gasteiger partial charge in [0, 0.05) is 11.6 Å². The van der Waals surface area contributed by atoms with Gasteiger partial charge >= 0.3 is 0 Å². The summed E-state index contributed by atoms with van der Waals surface area (Å²) in [4.78, 5) is 0. The summed E-state index contributed by atoms with van der Waals surface area (Å²) in [6, 6.07) is 7.96. The smallest absolute Gasteiger partial charge is 0.0605 e. The predicted molar refractivity (Wildman–Crippen MR) is 64.9 cm³/mol. The van der Waals surface area contributed by atoms with Crippen LogP contribution >= 0.6 is 15.9 Å². The van der Waals surface area contributed by atoms with E-state index in [9.17, 15) is 5.11 Å². The van der Waals surface area contributed by atoms with E-state index in [4.69, 9.17) is 4.74 Å². The SMILES string of the molecule is COC(C)CC(O)Cc1ccccc1Br. The minimum atomic E-state index is -0.348. The van der Waals surface area contributed by atoms with E-state index in [1.807, 2.05) is 31.2 Å². The van der Waals surface area contributed by atoms with Crippen LogP contribution in [0.1, 0.15) is 18.9 Å². The largest absolute Gasteiger partial charge is 0.393 e. The molecule has 0 bridgehead atoms. The fraction of sp³-hybridized carbons (Fsp3) is 0.500. The van der Waals surface area contributed by atoms with Crippen molar-refractivity contribution in [3.8, 4) is 0 Å². The zero-order valence-corrected chi connectivity index (χ0v) is 10.7. The number of benzene rings is 1. The number of aliphatic hydroxyl groups excluding tert-OH is 1. The first-order valence-corrected chi connectivity index (χ1v) is 5.87. The van der Waals surface area contributed by atoms with Crippen LogP contribution in [0.15, 0.2) is 28.7 Å². The number of aliphatic hydroxyl groups is 1. The molecule has 1 aromatic rings. The van der Waals surface area contributed by atoms with Gasteiger partial charge in [0.2, 0.25) is 0 Å². The number of halogens is 1. The highest BCUT2D eigenvalue weighted by Gasteiger charge is 2.11. The van der Waals surface area contributed by atoms with Crippen molar-refractivity contribution in [2.75, 3.05) is 7.11 Å². The molecule has 0 spiro atoms. The van der Waals surface area contributed by atoms with E-state index in [1.54, 1.807) is 7.11 Å². The third-order valence-corrected chi connectivity index (χ3v) is 3.19. The maximum Gasteiger partial charge on any atom is 0.0605 e. The third-order valence-electron chi connectivity index (χ3n) is 2.42. The second-order valence-corrected chi connectivity index (χ2v) is 4.59. The van der Waals surface area contributed by atoms with Gasteiger partial charge in [0.1, 0.15) is 0 Å². The molecule has 0 aliphatic carbocycles. The van der Waals surface area contributed by atoms with Gasteiger partial charge in [-0.25, -0.2) is 0 Å². The summed E-state index contributed by atoms with van der Waals surface area (Å²) < 4.78 is 6.17. The molecule has 84 valence electrons. The quantitative estimate of drug-likeness (QED) is 0.893. The minimum absolute atomic E-state index is 0.0995. The van der Waals surface area contributed by atoms with Crippen LogP contribution in [0.4, 0.5) is 0 Å². The van der Waals surface area contributed by atoms with Crippen LogP contribution in [-0.2, 0) is 11.2 Å². The monoisotopic (exact) mass is 272 g/mol. The van der Waals surface area contributed by atoms with Gasteiger partial charge in [-0.2, -0.15) is 0 Å². The Hall–Kier alpha value is -0.380. The first kappa shape index (κ1) is 12.7. The number of rotatable bonds is 5. The van der Waals surface area contributed by atoms with E-state index in [2.05, 4.69) is 15.9 Å². The van der Waals surface area contributed by atoms with Gasteiger partial charge in [0.15, 0.2) is 0 Å². The summed E-state index contributed by atoms with van der Waals surface area (Å²) in [5, 5.41) is 9.83. The third kappa shape index (κ3) is 4.33. The van der Waals surface area contributed by atoms with Crippen molar-refractivity contribution in [2.24, 2.45) is 0 Å². The van der Waals surface area contributed by atoms with Gasteiger partial charge in [-0.1, -0.05) is 34.1 Å². The molecule has 2 unspecified atom stereocenters. The molecule has 2 atom stereocenters. The average molecular weight is 273 g/mol. The summed E-state index contributed by atoms with van der Waals surface area (Å²) in [7, 11) is 1.66. The number of ether oxygens (including phenoxy) is 1. The number of hydrogen-bond donors (Lipinski definition) is 1. The summed E-state index contributed by atoms with van der Waals surface area (Å²) in [5.41, 5.74) is 1.13. The van der Waals surface area contributed by atoms with Crippen LogP contribution in [-0.4, -0.2) is 24.4 Å². The minimum Gasteiger partial charge on any atom is -0.393 e. The molecular formula is C12H17BrO2. The van der Waals surface area contributed by atoms with Gasteiger partial charge in [-0.3, -0.25) is 0 Å². The Morgan fingerprint density at radius 1 is 1.40 bits per heavy atom. The highest BCUT2D eigenvalue weighted by molar-refractivity contribution is 9.10. The van der Waals surface area contributed by atoms with Crippen LogP contribution in [0.3, 0.4) is 0 Å². The zero-order valence-electron chi connectivity index (χ0n) is 9.11. The molecule has 3 heteroatoms. The molecule has 2 nitrogen and oxygen atoms in total. The summed E-state index contributed by atoms with van der Waals surface area (Å²) in [6.45, 7) is 1.96. The van der Waals surface area contributed by atoms with E-state index in [-0.39, 0.29) is 12.2 Å². The molecule has 0 aliphatic heterocycles. The second kappa shape index (κ2) is 6.26. The standard InChI is InChI=1S/C12H17BrO2/c1-9(15-2)7-11(14)8-10-5-3-4-6-12(10)13/h3-6,9,11,14H,7-8H2,1-2H3. The van der Waals surface area contributed by atoms with E-state index < -0.39 is 0 Å². The van der Waals surface area contributed by atoms with Crippen molar-refractivity contribution in [1.82, 2.24) is 0 Å². The molecule has 1 N–H and O–H groups in total. The normalized spacial score (nSPS) is 14.9. The highest BCUT2D eigenvalue weighted by atomic mass is 79.9.